The number of nitriles is 1. The second-order valence-electron chi connectivity index (χ2n) is 5.74. The zero-order valence-corrected chi connectivity index (χ0v) is 11.3. The van der Waals surface area contributed by atoms with Gasteiger partial charge in [0, 0.05) is 12.2 Å². The quantitative estimate of drug-likeness (QED) is 0.881. The summed E-state index contributed by atoms with van der Waals surface area (Å²) < 4.78 is 38.1. The molecule has 1 fully saturated rings. The van der Waals surface area contributed by atoms with Crippen molar-refractivity contribution in [3.8, 4) is 6.07 Å². The minimum absolute atomic E-state index is 0.204. The van der Waals surface area contributed by atoms with Crippen LogP contribution in [0.1, 0.15) is 43.7 Å². The summed E-state index contributed by atoms with van der Waals surface area (Å²) in [6, 6.07) is 5.26. The van der Waals surface area contributed by atoms with Gasteiger partial charge in [0.2, 0.25) is 0 Å². The molecule has 0 aliphatic heterocycles. The Bertz CT molecular complexity index is 523. The summed E-state index contributed by atoms with van der Waals surface area (Å²) in [5.41, 5.74) is -0.436. The number of anilines is 1. The van der Waals surface area contributed by atoms with E-state index in [1.165, 1.54) is 25.0 Å². The molecule has 1 aromatic carbocycles. The second-order valence-corrected chi connectivity index (χ2v) is 5.74. The topological polar surface area (TPSA) is 35.8 Å². The van der Waals surface area contributed by atoms with E-state index in [-0.39, 0.29) is 11.0 Å². The van der Waals surface area contributed by atoms with Crippen molar-refractivity contribution < 1.29 is 13.2 Å². The van der Waals surface area contributed by atoms with E-state index in [1.807, 2.05) is 0 Å². The minimum atomic E-state index is -4.49. The predicted molar refractivity (Wildman–Crippen MR) is 71.2 cm³/mol. The fourth-order valence-electron chi connectivity index (χ4n) is 2.71. The third-order valence-electron chi connectivity index (χ3n) is 3.98. The van der Waals surface area contributed by atoms with E-state index in [2.05, 4.69) is 12.2 Å². The molecule has 0 bridgehead atoms. The number of nitrogens with zero attached hydrogens (tertiary/aromatic N) is 1. The van der Waals surface area contributed by atoms with Gasteiger partial charge >= 0.3 is 6.18 Å². The van der Waals surface area contributed by atoms with Crippen LogP contribution >= 0.6 is 0 Å². The lowest BCUT2D eigenvalue weighted by atomic mass is 9.89. The lowest BCUT2D eigenvalue weighted by Crippen LogP contribution is -2.23. The van der Waals surface area contributed by atoms with Crippen molar-refractivity contribution in [2.45, 2.75) is 38.8 Å². The Morgan fingerprint density at radius 2 is 1.95 bits per heavy atom. The van der Waals surface area contributed by atoms with Gasteiger partial charge in [0.1, 0.15) is 0 Å². The summed E-state index contributed by atoms with van der Waals surface area (Å²) in [6.07, 6.45) is 0.182. The maximum Gasteiger partial charge on any atom is 0.417 e. The van der Waals surface area contributed by atoms with Crippen molar-refractivity contribution in [2.75, 3.05) is 11.9 Å². The zero-order valence-electron chi connectivity index (χ0n) is 11.3. The highest BCUT2D eigenvalue weighted by molar-refractivity contribution is 5.53. The van der Waals surface area contributed by atoms with E-state index in [0.29, 0.717) is 5.69 Å². The lowest BCUT2D eigenvalue weighted by Gasteiger charge is -2.24. The first-order valence-electron chi connectivity index (χ1n) is 6.69. The number of hydrogen-bond donors (Lipinski definition) is 1. The smallest absolute Gasteiger partial charge is 0.384 e. The molecule has 0 radical (unpaired) electrons. The maximum absolute atomic E-state index is 12.7. The van der Waals surface area contributed by atoms with Crippen LogP contribution in [0, 0.1) is 16.7 Å². The highest BCUT2D eigenvalue weighted by atomic mass is 19.4. The number of nitrogens with one attached hydrogen (secondary N) is 1. The molecule has 0 unspecified atom stereocenters. The lowest BCUT2D eigenvalue weighted by molar-refractivity contribution is -0.137. The maximum atomic E-state index is 12.7. The molecule has 1 aliphatic rings. The molecule has 0 atom stereocenters. The van der Waals surface area contributed by atoms with Crippen molar-refractivity contribution >= 4 is 5.69 Å². The molecular weight excluding hydrogens is 265 g/mol. The van der Waals surface area contributed by atoms with Crippen LogP contribution in [0.25, 0.3) is 0 Å². The molecule has 1 aliphatic carbocycles. The van der Waals surface area contributed by atoms with Gasteiger partial charge in [-0.05, 0) is 36.5 Å². The van der Waals surface area contributed by atoms with Crippen LogP contribution in [-0.2, 0) is 6.18 Å². The Hall–Kier alpha value is -1.70. The largest absolute Gasteiger partial charge is 0.417 e. The Morgan fingerprint density at radius 1 is 1.30 bits per heavy atom. The monoisotopic (exact) mass is 282 g/mol. The van der Waals surface area contributed by atoms with E-state index in [4.69, 9.17) is 5.26 Å². The van der Waals surface area contributed by atoms with Crippen LogP contribution < -0.4 is 5.32 Å². The standard InChI is InChI=1S/C15H17F3N2/c1-14(6-2-3-7-14)10-20-12-4-5-13(15(16,17)18)11(8-12)9-19/h4-5,8,20H,2-3,6-7,10H2,1H3. The molecule has 108 valence electrons. The highest BCUT2D eigenvalue weighted by Crippen LogP contribution is 2.38. The molecule has 0 saturated heterocycles. The normalized spacial score (nSPS) is 17.8. The van der Waals surface area contributed by atoms with E-state index < -0.39 is 11.7 Å². The summed E-state index contributed by atoms with van der Waals surface area (Å²) in [6.45, 7) is 2.91. The highest BCUT2D eigenvalue weighted by Gasteiger charge is 2.33. The number of rotatable bonds is 3. The van der Waals surface area contributed by atoms with Gasteiger partial charge in [0.25, 0.3) is 0 Å². The van der Waals surface area contributed by atoms with Crippen molar-refractivity contribution in [2.24, 2.45) is 5.41 Å². The summed E-state index contributed by atoms with van der Waals surface area (Å²) in [5, 5.41) is 12.0. The molecule has 1 N–H and O–H groups in total. The summed E-state index contributed by atoms with van der Waals surface area (Å²) in [7, 11) is 0. The Labute approximate surface area is 116 Å². The van der Waals surface area contributed by atoms with Gasteiger partial charge in [-0.3, -0.25) is 0 Å². The van der Waals surface area contributed by atoms with Crippen LogP contribution in [-0.4, -0.2) is 6.54 Å². The molecule has 1 aromatic rings. The Kier molecular flexibility index (Phi) is 3.94. The summed E-state index contributed by atoms with van der Waals surface area (Å²) in [4.78, 5) is 0. The molecule has 2 nitrogen and oxygen atoms in total. The molecule has 0 spiro atoms. The van der Waals surface area contributed by atoms with Crippen LogP contribution in [0.15, 0.2) is 18.2 Å². The molecule has 0 amide bonds. The summed E-state index contributed by atoms with van der Waals surface area (Å²) in [5.74, 6) is 0. The number of hydrogen-bond acceptors (Lipinski definition) is 2. The molecule has 5 heteroatoms. The average Bonchev–Trinajstić information content (AvgIpc) is 2.82. The van der Waals surface area contributed by atoms with Crippen LogP contribution in [0.5, 0.6) is 0 Å². The third kappa shape index (κ3) is 3.24. The number of benzene rings is 1. The van der Waals surface area contributed by atoms with E-state index in [0.717, 1.165) is 25.5 Å². The Morgan fingerprint density at radius 3 is 2.50 bits per heavy atom. The van der Waals surface area contributed by atoms with Gasteiger partial charge < -0.3 is 5.32 Å². The minimum Gasteiger partial charge on any atom is -0.384 e. The fourth-order valence-corrected chi connectivity index (χ4v) is 2.71. The average molecular weight is 282 g/mol. The van der Waals surface area contributed by atoms with Gasteiger partial charge in [-0.1, -0.05) is 19.8 Å². The third-order valence-corrected chi connectivity index (χ3v) is 3.98. The molecule has 2 rings (SSSR count). The van der Waals surface area contributed by atoms with E-state index in [1.54, 1.807) is 6.07 Å². The fraction of sp³-hybridized carbons (Fsp3) is 0.533. The number of alkyl halides is 3. The first-order chi connectivity index (χ1) is 9.34. The molecule has 20 heavy (non-hydrogen) atoms. The van der Waals surface area contributed by atoms with Gasteiger partial charge in [0.15, 0.2) is 0 Å². The number of halogens is 3. The van der Waals surface area contributed by atoms with Gasteiger partial charge in [-0.2, -0.15) is 18.4 Å². The zero-order chi connectivity index (χ0) is 14.8. The molecular formula is C15H17F3N2. The molecule has 1 saturated carbocycles. The predicted octanol–water partition coefficient (Wildman–Crippen LogP) is 4.57. The first-order valence-corrected chi connectivity index (χ1v) is 6.69. The van der Waals surface area contributed by atoms with Crippen LogP contribution in [0.3, 0.4) is 0 Å². The Balaban J connectivity index is 2.12. The van der Waals surface area contributed by atoms with Gasteiger partial charge in [-0.25, -0.2) is 0 Å². The van der Waals surface area contributed by atoms with Crippen LogP contribution in [0.2, 0.25) is 0 Å². The molecule has 0 heterocycles. The van der Waals surface area contributed by atoms with Crippen molar-refractivity contribution in [3.63, 3.8) is 0 Å². The van der Waals surface area contributed by atoms with Gasteiger partial charge in [-0.15, -0.1) is 0 Å². The first kappa shape index (κ1) is 14.7. The summed E-state index contributed by atoms with van der Waals surface area (Å²) >= 11 is 0. The van der Waals surface area contributed by atoms with Crippen molar-refractivity contribution in [3.05, 3.63) is 29.3 Å². The van der Waals surface area contributed by atoms with Crippen LogP contribution in [0.4, 0.5) is 18.9 Å². The SMILES string of the molecule is CC1(CNc2ccc(C(F)(F)F)c(C#N)c2)CCCC1. The van der Waals surface area contributed by atoms with E-state index >= 15 is 0 Å². The molecule has 0 aromatic heterocycles. The van der Waals surface area contributed by atoms with E-state index in [9.17, 15) is 13.2 Å². The van der Waals surface area contributed by atoms with Gasteiger partial charge in [0.05, 0.1) is 17.2 Å². The second kappa shape index (κ2) is 5.35. The van der Waals surface area contributed by atoms with Crippen molar-refractivity contribution in [1.29, 1.82) is 5.26 Å². The van der Waals surface area contributed by atoms with Crippen molar-refractivity contribution in [1.82, 2.24) is 0 Å².